The third-order valence-corrected chi connectivity index (χ3v) is 3.22. The van der Waals surface area contributed by atoms with Crippen LogP contribution in [0.2, 0.25) is 0 Å². The molecule has 15 heavy (non-hydrogen) atoms. The van der Waals surface area contributed by atoms with Gasteiger partial charge in [-0.05, 0) is 31.9 Å². The summed E-state index contributed by atoms with van der Waals surface area (Å²) in [6.45, 7) is 2.21. The quantitative estimate of drug-likeness (QED) is 0.818. The maximum absolute atomic E-state index is 4.38. The molecule has 1 aliphatic carbocycles. The van der Waals surface area contributed by atoms with Crippen LogP contribution in [0.4, 0.5) is 0 Å². The number of rotatable bonds is 3. The van der Waals surface area contributed by atoms with Gasteiger partial charge in [-0.25, -0.2) is 0 Å². The maximum Gasteiger partial charge on any atom is 0.0570 e. The number of aromatic nitrogens is 1. The Hall–Kier alpha value is -0.890. The molecule has 1 aromatic rings. The Balaban J connectivity index is 1.88. The Morgan fingerprint density at radius 3 is 2.73 bits per heavy atom. The SMILES string of the molecule is C[C@@H](NC1CCCCC1)c1ccccn1. The lowest BCUT2D eigenvalue weighted by Gasteiger charge is -2.26. The monoisotopic (exact) mass is 204 g/mol. The molecule has 0 aromatic carbocycles. The molecule has 0 radical (unpaired) electrons. The van der Waals surface area contributed by atoms with Gasteiger partial charge < -0.3 is 5.32 Å². The van der Waals surface area contributed by atoms with Crippen molar-refractivity contribution in [3.05, 3.63) is 30.1 Å². The van der Waals surface area contributed by atoms with Crippen LogP contribution in [0.5, 0.6) is 0 Å². The van der Waals surface area contributed by atoms with Crippen LogP contribution in [0, 0.1) is 0 Å². The average Bonchev–Trinajstić information content (AvgIpc) is 2.31. The zero-order valence-electron chi connectivity index (χ0n) is 9.45. The summed E-state index contributed by atoms with van der Waals surface area (Å²) in [7, 11) is 0. The smallest absolute Gasteiger partial charge is 0.0570 e. The van der Waals surface area contributed by atoms with Crippen molar-refractivity contribution in [2.24, 2.45) is 0 Å². The third kappa shape index (κ3) is 3.03. The highest BCUT2D eigenvalue weighted by Gasteiger charge is 2.16. The Bertz CT molecular complexity index is 278. The summed E-state index contributed by atoms with van der Waals surface area (Å²) in [5, 5.41) is 3.67. The van der Waals surface area contributed by atoms with Gasteiger partial charge in [0.15, 0.2) is 0 Å². The first kappa shape index (κ1) is 10.6. The van der Waals surface area contributed by atoms with Crippen LogP contribution in [0.15, 0.2) is 24.4 Å². The second-order valence-corrected chi connectivity index (χ2v) is 4.48. The number of hydrogen-bond donors (Lipinski definition) is 1. The molecule has 2 nitrogen and oxygen atoms in total. The first-order valence-corrected chi connectivity index (χ1v) is 6.03. The van der Waals surface area contributed by atoms with Gasteiger partial charge >= 0.3 is 0 Å². The third-order valence-electron chi connectivity index (χ3n) is 3.22. The van der Waals surface area contributed by atoms with Gasteiger partial charge in [0.05, 0.1) is 5.69 Å². The molecule has 1 fully saturated rings. The summed E-state index contributed by atoms with van der Waals surface area (Å²) in [6, 6.07) is 7.21. The van der Waals surface area contributed by atoms with E-state index in [2.05, 4.69) is 29.4 Å². The highest BCUT2D eigenvalue weighted by atomic mass is 15.0. The molecule has 0 saturated heterocycles. The first-order valence-electron chi connectivity index (χ1n) is 6.03. The summed E-state index contributed by atoms with van der Waals surface area (Å²) >= 11 is 0. The van der Waals surface area contributed by atoms with Crippen LogP contribution in [-0.4, -0.2) is 11.0 Å². The standard InChI is InChI=1S/C13H20N2/c1-11(13-9-5-6-10-14-13)15-12-7-3-2-4-8-12/h5-6,9-12,15H,2-4,7-8H2,1H3/t11-/m1/s1. The first-order chi connectivity index (χ1) is 7.36. The Labute approximate surface area is 92.1 Å². The summed E-state index contributed by atoms with van der Waals surface area (Å²) in [5.41, 5.74) is 1.16. The minimum atomic E-state index is 0.384. The lowest BCUT2D eigenvalue weighted by molar-refractivity contribution is 0.344. The summed E-state index contributed by atoms with van der Waals surface area (Å²) in [5.74, 6) is 0. The Morgan fingerprint density at radius 1 is 1.27 bits per heavy atom. The van der Waals surface area contributed by atoms with Gasteiger partial charge in [-0.2, -0.15) is 0 Å². The number of hydrogen-bond acceptors (Lipinski definition) is 2. The van der Waals surface area contributed by atoms with Gasteiger partial charge in [-0.1, -0.05) is 25.3 Å². The number of pyridine rings is 1. The van der Waals surface area contributed by atoms with E-state index in [-0.39, 0.29) is 0 Å². The zero-order valence-corrected chi connectivity index (χ0v) is 9.45. The van der Waals surface area contributed by atoms with Crippen molar-refractivity contribution in [1.82, 2.24) is 10.3 Å². The van der Waals surface area contributed by atoms with Crippen molar-refractivity contribution in [2.45, 2.75) is 51.1 Å². The molecule has 1 aliphatic rings. The molecular weight excluding hydrogens is 184 g/mol. The Morgan fingerprint density at radius 2 is 2.07 bits per heavy atom. The summed E-state index contributed by atoms with van der Waals surface area (Å²) in [4.78, 5) is 4.38. The molecule has 1 aromatic heterocycles. The lowest BCUT2D eigenvalue weighted by atomic mass is 9.95. The van der Waals surface area contributed by atoms with Crippen LogP contribution in [0.3, 0.4) is 0 Å². The van der Waals surface area contributed by atoms with E-state index in [9.17, 15) is 0 Å². The second-order valence-electron chi connectivity index (χ2n) is 4.48. The predicted molar refractivity (Wildman–Crippen MR) is 62.7 cm³/mol. The van der Waals surface area contributed by atoms with E-state index < -0.39 is 0 Å². The molecule has 0 unspecified atom stereocenters. The van der Waals surface area contributed by atoms with Crippen molar-refractivity contribution >= 4 is 0 Å². The molecule has 1 saturated carbocycles. The van der Waals surface area contributed by atoms with Crippen molar-refractivity contribution in [2.75, 3.05) is 0 Å². The number of nitrogens with zero attached hydrogens (tertiary/aromatic N) is 1. The number of nitrogens with one attached hydrogen (secondary N) is 1. The topological polar surface area (TPSA) is 24.9 Å². The highest BCUT2D eigenvalue weighted by Crippen LogP contribution is 2.20. The lowest BCUT2D eigenvalue weighted by Crippen LogP contribution is -2.33. The van der Waals surface area contributed by atoms with Crippen molar-refractivity contribution in [3.63, 3.8) is 0 Å². The molecule has 82 valence electrons. The molecule has 0 amide bonds. The zero-order chi connectivity index (χ0) is 10.5. The molecule has 2 heteroatoms. The normalized spacial score (nSPS) is 20.1. The van der Waals surface area contributed by atoms with Crippen LogP contribution in [0.25, 0.3) is 0 Å². The van der Waals surface area contributed by atoms with Crippen LogP contribution >= 0.6 is 0 Å². The van der Waals surface area contributed by atoms with E-state index in [1.807, 2.05) is 12.3 Å². The molecule has 1 atom stereocenters. The fraction of sp³-hybridized carbons (Fsp3) is 0.615. The summed E-state index contributed by atoms with van der Waals surface area (Å²) in [6.07, 6.45) is 8.71. The molecule has 0 bridgehead atoms. The predicted octanol–water partition coefficient (Wildman–Crippen LogP) is 3.06. The molecule has 2 rings (SSSR count). The van der Waals surface area contributed by atoms with Gasteiger partial charge in [0, 0.05) is 18.3 Å². The van der Waals surface area contributed by atoms with E-state index >= 15 is 0 Å². The maximum atomic E-state index is 4.38. The van der Waals surface area contributed by atoms with E-state index in [0.717, 1.165) is 5.69 Å². The summed E-state index contributed by atoms with van der Waals surface area (Å²) < 4.78 is 0. The fourth-order valence-electron chi connectivity index (χ4n) is 2.34. The fourth-order valence-corrected chi connectivity index (χ4v) is 2.34. The van der Waals surface area contributed by atoms with Crippen LogP contribution in [0.1, 0.15) is 50.8 Å². The van der Waals surface area contributed by atoms with E-state index in [1.165, 1.54) is 32.1 Å². The van der Waals surface area contributed by atoms with Crippen molar-refractivity contribution in [3.8, 4) is 0 Å². The highest BCUT2D eigenvalue weighted by molar-refractivity contribution is 5.07. The minimum Gasteiger partial charge on any atom is -0.306 e. The second kappa shape index (κ2) is 5.26. The van der Waals surface area contributed by atoms with Crippen molar-refractivity contribution in [1.29, 1.82) is 0 Å². The van der Waals surface area contributed by atoms with E-state index in [4.69, 9.17) is 0 Å². The van der Waals surface area contributed by atoms with E-state index in [1.54, 1.807) is 0 Å². The van der Waals surface area contributed by atoms with Gasteiger partial charge in [0.1, 0.15) is 0 Å². The molecular formula is C13H20N2. The van der Waals surface area contributed by atoms with Gasteiger partial charge in [0.25, 0.3) is 0 Å². The van der Waals surface area contributed by atoms with Gasteiger partial charge in [-0.15, -0.1) is 0 Å². The molecule has 0 spiro atoms. The Kier molecular flexibility index (Phi) is 3.73. The largest absolute Gasteiger partial charge is 0.306 e. The molecule has 1 heterocycles. The average molecular weight is 204 g/mol. The van der Waals surface area contributed by atoms with Crippen molar-refractivity contribution < 1.29 is 0 Å². The minimum absolute atomic E-state index is 0.384. The van der Waals surface area contributed by atoms with Crippen LogP contribution < -0.4 is 5.32 Å². The van der Waals surface area contributed by atoms with Crippen LogP contribution in [-0.2, 0) is 0 Å². The van der Waals surface area contributed by atoms with Gasteiger partial charge in [-0.3, -0.25) is 4.98 Å². The van der Waals surface area contributed by atoms with E-state index in [0.29, 0.717) is 12.1 Å². The molecule has 1 N–H and O–H groups in total. The molecule has 0 aliphatic heterocycles. The van der Waals surface area contributed by atoms with Gasteiger partial charge in [0.2, 0.25) is 0 Å².